The molecule has 0 spiro atoms. The largest absolute Gasteiger partial charge is 0.462 e. The Bertz CT molecular complexity index is 221. The van der Waals surface area contributed by atoms with E-state index in [1.807, 2.05) is 0 Å². The quantitative estimate of drug-likeness (QED) is 0.249. The van der Waals surface area contributed by atoms with Crippen molar-refractivity contribution in [1.29, 1.82) is 0 Å². The number of hydrogen-bond donors (Lipinski definition) is 0. The Labute approximate surface area is 98.1 Å². The minimum absolute atomic E-state index is 0.297. The molecule has 0 fully saturated rings. The zero-order chi connectivity index (χ0) is 12.2. The summed E-state index contributed by atoms with van der Waals surface area (Å²) in [5.41, 5.74) is 0.456. The van der Waals surface area contributed by atoms with Crippen molar-refractivity contribution in [2.24, 2.45) is 0 Å². The molecular weight excluding hydrogens is 204 g/mol. The van der Waals surface area contributed by atoms with E-state index >= 15 is 0 Å². The number of carbonyl (C=O) groups is 1. The van der Waals surface area contributed by atoms with Crippen LogP contribution < -0.4 is 0 Å². The van der Waals surface area contributed by atoms with E-state index in [-0.39, 0.29) is 5.97 Å². The number of ether oxygens (including phenoxy) is 2. The fourth-order valence-electron chi connectivity index (χ4n) is 1.11. The van der Waals surface area contributed by atoms with Crippen molar-refractivity contribution in [3.05, 3.63) is 24.8 Å². The van der Waals surface area contributed by atoms with E-state index in [0.717, 1.165) is 32.3 Å². The van der Waals surface area contributed by atoms with Gasteiger partial charge in [-0.15, -0.1) is 6.58 Å². The first-order valence-corrected chi connectivity index (χ1v) is 5.69. The third-order valence-corrected chi connectivity index (χ3v) is 2.00. The summed E-state index contributed by atoms with van der Waals surface area (Å²) in [6.07, 6.45) is 5.85. The van der Waals surface area contributed by atoms with Crippen molar-refractivity contribution in [1.82, 2.24) is 0 Å². The van der Waals surface area contributed by atoms with Crippen LogP contribution in [-0.2, 0) is 14.3 Å². The van der Waals surface area contributed by atoms with E-state index in [1.165, 1.54) is 0 Å². The topological polar surface area (TPSA) is 35.5 Å². The lowest BCUT2D eigenvalue weighted by molar-refractivity contribution is -0.139. The molecule has 0 aromatic carbocycles. The summed E-state index contributed by atoms with van der Waals surface area (Å²) < 4.78 is 10.2. The number of rotatable bonds is 10. The van der Waals surface area contributed by atoms with Crippen LogP contribution in [0.3, 0.4) is 0 Å². The zero-order valence-corrected chi connectivity index (χ0v) is 10.2. The summed E-state index contributed by atoms with van der Waals surface area (Å²) in [5, 5.41) is 0. The molecule has 0 aliphatic rings. The summed E-state index contributed by atoms with van der Waals surface area (Å²) >= 11 is 0. The van der Waals surface area contributed by atoms with Gasteiger partial charge in [-0.05, 0) is 26.2 Å². The van der Waals surface area contributed by atoms with Gasteiger partial charge >= 0.3 is 5.97 Å². The SMILES string of the molecule is C=CCOCCCCCCOC(=O)C(=C)C. The molecule has 0 bridgehead atoms. The van der Waals surface area contributed by atoms with E-state index in [1.54, 1.807) is 13.0 Å². The molecule has 3 nitrogen and oxygen atoms in total. The lowest BCUT2D eigenvalue weighted by Crippen LogP contribution is -2.06. The van der Waals surface area contributed by atoms with Gasteiger partial charge in [-0.3, -0.25) is 0 Å². The molecule has 0 heterocycles. The van der Waals surface area contributed by atoms with Gasteiger partial charge in [-0.25, -0.2) is 4.79 Å². The third-order valence-electron chi connectivity index (χ3n) is 2.00. The predicted octanol–water partition coefficient (Wildman–Crippen LogP) is 2.87. The molecule has 0 atom stereocenters. The molecule has 0 aromatic heterocycles. The minimum Gasteiger partial charge on any atom is -0.462 e. The van der Waals surface area contributed by atoms with Crippen LogP contribution >= 0.6 is 0 Å². The second kappa shape index (κ2) is 10.4. The highest BCUT2D eigenvalue weighted by Gasteiger charge is 2.01. The maximum atomic E-state index is 11.0. The maximum Gasteiger partial charge on any atom is 0.333 e. The Balaban J connectivity index is 3.12. The summed E-state index contributed by atoms with van der Waals surface area (Å²) in [6, 6.07) is 0. The van der Waals surface area contributed by atoms with Gasteiger partial charge in [0.25, 0.3) is 0 Å². The van der Waals surface area contributed by atoms with E-state index in [9.17, 15) is 4.79 Å². The van der Waals surface area contributed by atoms with Crippen molar-refractivity contribution in [3.8, 4) is 0 Å². The molecule has 0 radical (unpaired) electrons. The molecular formula is C13H22O3. The van der Waals surface area contributed by atoms with E-state index < -0.39 is 0 Å². The normalized spacial score (nSPS) is 9.81. The van der Waals surface area contributed by atoms with E-state index in [4.69, 9.17) is 9.47 Å². The fraction of sp³-hybridized carbons (Fsp3) is 0.615. The maximum absolute atomic E-state index is 11.0. The van der Waals surface area contributed by atoms with Crippen LogP contribution in [0.25, 0.3) is 0 Å². The second-order valence-electron chi connectivity index (χ2n) is 3.69. The molecule has 0 saturated carbocycles. The van der Waals surface area contributed by atoms with Crippen LogP contribution in [0.4, 0.5) is 0 Å². The van der Waals surface area contributed by atoms with Crippen LogP contribution in [0.5, 0.6) is 0 Å². The Morgan fingerprint density at radius 1 is 1.19 bits per heavy atom. The molecule has 0 saturated heterocycles. The molecule has 0 aliphatic heterocycles. The number of carbonyl (C=O) groups excluding carboxylic acids is 1. The highest BCUT2D eigenvalue weighted by molar-refractivity contribution is 5.86. The van der Waals surface area contributed by atoms with Gasteiger partial charge < -0.3 is 9.47 Å². The van der Waals surface area contributed by atoms with Gasteiger partial charge in [0.1, 0.15) is 0 Å². The van der Waals surface area contributed by atoms with Crippen LogP contribution in [0.1, 0.15) is 32.6 Å². The van der Waals surface area contributed by atoms with Crippen molar-refractivity contribution < 1.29 is 14.3 Å². The van der Waals surface area contributed by atoms with Gasteiger partial charge in [0.2, 0.25) is 0 Å². The zero-order valence-electron chi connectivity index (χ0n) is 10.2. The molecule has 92 valence electrons. The fourth-order valence-corrected chi connectivity index (χ4v) is 1.11. The van der Waals surface area contributed by atoms with Gasteiger partial charge in [0.05, 0.1) is 13.2 Å². The standard InChI is InChI=1S/C13H22O3/c1-4-9-15-10-7-5-6-8-11-16-13(14)12(2)3/h4H,1-2,5-11H2,3H3. The molecule has 0 amide bonds. The Hall–Kier alpha value is -1.09. The van der Waals surface area contributed by atoms with E-state index in [2.05, 4.69) is 13.2 Å². The summed E-state index contributed by atoms with van der Waals surface area (Å²) in [5.74, 6) is -0.297. The van der Waals surface area contributed by atoms with Gasteiger partial charge in [0, 0.05) is 12.2 Å². The summed E-state index contributed by atoms with van der Waals surface area (Å²) in [6.45, 7) is 10.6. The molecule has 0 N–H and O–H groups in total. The molecule has 0 rings (SSSR count). The van der Waals surface area contributed by atoms with Crippen molar-refractivity contribution in [2.75, 3.05) is 19.8 Å². The smallest absolute Gasteiger partial charge is 0.333 e. The highest BCUT2D eigenvalue weighted by atomic mass is 16.5. The van der Waals surface area contributed by atoms with Gasteiger partial charge in [-0.2, -0.15) is 0 Å². The van der Waals surface area contributed by atoms with Gasteiger partial charge in [0.15, 0.2) is 0 Å². The van der Waals surface area contributed by atoms with Crippen molar-refractivity contribution in [2.45, 2.75) is 32.6 Å². The summed E-state index contributed by atoms with van der Waals surface area (Å²) in [7, 11) is 0. The van der Waals surface area contributed by atoms with Crippen LogP contribution in [-0.4, -0.2) is 25.8 Å². The Kier molecular flexibility index (Phi) is 9.72. The van der Waals surface area contributed by atoms with Crippen molar-refractivity contribution in [3.63, 3.8) is 0 Å². The summed E-state index contributed by atoms with van der Waals surface area (Å²) in [4.78, 5) is 11.0. The first-order chi connectivity index (χ1) is 7.68. The van der Waals surface area contributed by atoms with E-state index in [0.29, 0.717) is 18.8 Å². The average molecular weight is 226 g/mol. The third kappa shape index (κ3) is 9.46. The minimum atomic E-state index is -0.297. The van der Waals surface area contributed by atoms with Crippen LogP contribution in [0, 0.1) is 0 Å². The molecule has 16 heavy (non-hydrogen) atoms. The number of unbranched alkanes of at least 4 members (excludes halogenated alkanes) is 3. The first kappa shape index (κ1) is 14.9. The van der Waals surface area contributed by atoms with Gasteiger partial charge in [-0.1, -0.05) is 19.1 Å². The molecule has 0 aromatic rings. The first-order valence-electron chi connectivity index (χ1n) is 5.69. The van der Waals surface area contributed by atoms with Crippen LogP contribution in [0.2, 0.25) is 0 Å². The Morgan fingerprint density at radius 2 is 1.81 bits per heavy atom. The highest BCUT2D eigenvalue weighted by Crippen LogP contribution is 2.02. The Morgan fingerprint density at radius 3 is 2.38 bits per heavy atom. The average Bonchev–Trinajstić information content (AvgIpc) is 2.26. The molecule has 0 aliphatic carbocycles. The molecule has 3 heteroatoms. The molecule has 0 unspecified atom stereocenters. The number of hydrogen-bond acceptors (Lipinski definition) is 3. The monoisotopic (exact) mass is 226 g/mol. The van der Waals surface area contributed by atoms with Crippen LogP contribution in [0.15, 0.2) is 24.8 Å². The van der Waals surface area contributed by atoms with Crippen molar-refractivity contribution >= 4 is 5.97 Å². The predicted molar refractivity (Wildman–Crippen MR) is 65.3 cm³/mol. The number of esters is 1. The second-order valence-corrected chi connectivity index (χ2v) is 3.69. The lowest BCUT2D eigenvalue weighted by atomic mass is 10.2. The lowest BCUT2D eigenvalue weighted by Gasteiger charge is -2.04.